The Kier molecular flexibility index (Phi) is 5.36. The second-order valence-electron chi connectivity index (χ2n) is 4.59. The molecular weight excluding hydrogens is 336 g/mol. The zero-order chi connectivity index (χ0) is 15.2. The van der Waals surface area contributed by atoms with Crippen molar-refractivity contribution in [2.75, 3.05) is 0 Å². The Hall–Kier alpha value is -1.85. The van der Waals surface area contributed by atoms with Gasteiger partial charge in [-0.15, -0.1) is 0 Å². The summed E-state index contributed by atoms with van der Waals surface area (Å²) < 4.78 is 6.58. The normalized spacial score (nSPS) is 10.4. The zero-order valence-electron chi connectivity index (χ0n) is 11.3. The van der Waals surface area contributed by atoms with Crippen molar-refractivity contribution in [3.8, 4) is 5.75 Å². The molecule has 2 N–H and O–H groups in total. The van der Waals surface area contributed by atoms with E-state index in [2.05, 4.69) is 15.9 Å². The Morgan fingerprint density at radius 1 is 1.14 bits per heavy atom. The second-order valence-corrected chi connectivity index (χ2v) is 5.51. The van der Waals surface area contributed by atoms with E-state index in [1.807, 2.05) is 18.2 Å². The van der Waals surface area contributed by atoms with Gasteiger partial charge in [-0.1, -0.05) is 40.2 Å². The molecule has 0 bridgehead atoms. The van der Waals surface area contributed by atoms with Gasteiger partial charge >= 0.3 is 5.97 Å². The topological polar surface area (TPSA) is 66.8 Å². The van der Waals surface area contributed by atoms with E-state index < -0.39 is 5.97 Å². The number of hydrogen-bond acceptors (Lipinski definition) is 3. The zero-order valence-corrected chi connectivity index (χ0v) is 12.8. The van der Waals surface area contributed by atoms with Gasteiger partial charge in [0.2, 0.25) is 0 Å². The molecule has 0 aliphatic rings. The lowest BCUT2D eigenvalue weighted by Crippen LogP contribution is -2.04. The Bertz CT molecular complexity index is 640. The van der Waals surface area contributed by atoms with Crippen molar-refractivity contribution < 1.29 is 19.7 Å². The Balaban J connectivity index is 2.13. The standard InChI is InChI=1S/C16H15BrO4/c17-14-6-11(9-18)5-12(7-14)10-21-15-4-2-1-3-13(15)8-16(19)20/h1-7,18H,8-10H2,(H,19,20). The summed E-state index contributed by atoms with van der Waals surface area (Å²) in [6.45, 7) is 0.269. The highest BCUT2D eigenvalue weighted by atomic mass is 79.9. The van der Waals surface area contributed by atoms with Crippen LogP contribution in [0.15, 0.2) is 46.9 Å². The number of halogens is 1. The summed E-state index contributed by atoms with van der Waals surface area (Å²) in [5, 5.41) is 18.1. The van der Waals surface area contributed by atoms with Crippen LogP contribution in [-0.2, 0) is 24.4 Å². The first-order valence-electron chi connectivity index (χ1n) is 6.40. The lowest BCUT2D eigenvalue weighted by atomic mass is 10.1. The molecule has 0 saturated carbocycles. The average Bonchev–Trinajstić information content (AvgIpc) is 2.45. The van der Waals surface area contributed by atoms with E-state index in [0.717, 1.165) is 15.6 Å². The summed E-state index contributed by atoms with van der Waals surface area (Å²) in [6, 6.07) is 12.7. The number of carboxylic acid groups (broad SMARTS) is 1. The fraction of sp³-hybridized carbons (Fsp3) is 0.188. The van der Waals surface area contributed by atoms with Crippen molar-refractivity contribution in [3.05, 3.63) is 63.6 Å². The third kappa shape index (κ3) is 4.58. The van der Waals surface area contributed by atoms with Crippen molar-refractivity contribution in [3.63, 3.8) is 0 Å². The molecule has 5 heteroatoms. The summed E-state index contributed by atoms with van der Waals surface area (Å²) in [7, 11) is 0. The van der Waals surface area contributed by atoms with E-state index in [9.17, 15) is 9.90 Å². The van der Waals surface area contributed by atoms with Crippen LogP contribution in [0.3, 0.4) is 0 Å². The van der Waals surface area contributed by atoms with E-state index in [0.29, 0.717) is 17.9 Å². The second kappa shape index (κ2) is 7.24. The number of aliphatic carboxylic acids is 1. The highest BCUT2D eigenvalue weighted by Gasteiger charge is 2.08. The molecule has 0 spiro atoms. The Morgan fingerprint density at radius 2 is 1.86 bits per heavy atom. The lowest BCUT2D eigenvalue weighted by Gasteiger charge is -2.11. The molecule has 21 heavy (non-hydrogen) atoms. The molecule has 0 unspecified atom stereocenters. The van der Waals surface area contributed by atoms with E-state index in [-0.39, 0.29) is 13.0 Å². The molecular formula is C16H15BrO4. The minimum absolute atomic E-state index is 0.0396. The van der Waals surface area contributed by atoms with Gasteiger partial charge in [0, 0.05) is 10.0 Å². The van der Waals surface area contributed by atoms with Crippen LogP contribution in [0.1, 0.15) is 16.7 Å². The van der Waals surface area contributed by atoms with Gasteiger partial charge in [-0.3, -0.25) is 4.79 Å². The fourth-order valence-corrected chi connectivity index (χ4v) is 2.59. The van der Waals surface area contributed by atoms with Crippen LogP contribution in [0.2, 0.25) is 0 Å². The van der Waals surface area contributed by atoms with Gasteiger partial charge in [-0.25, -0.2) is 0 Å². The van der Waals surface area contributed by atoms with Crippen LogP contribution in [0.5, 0.6) is 5.75 Å². The number of ether oxygens (including phenoxy) is 1. The van der Waals surface area contributed by atoms with Crippen LogP contribution in [0.25, 0.3) is 0 Å². The molecule has 0 aromatic heterocycles. The molecule has 2 aromatic rings. The minimum Gasteiger partial charge on any atom is -0.489 e. The van der Waals surface area contributed by atoms with E-state index in [4.69, 9.17) is 9.84 Å². The molecule has 0 atom stereocenters. The minimum atomic E-state index is -0.893. The maximum absolute atomic E-state index is 10.8. The van der Waals surface area contributed by atoms with Crippen LogP contribution in [0, 0.1) is 0 Å². The molecule has 4 nitrogen and oxygen atoms in total. The van der Waals surface area contributed by atoms with Gasteiger partial charge in [0.15, 0.2) is 0 Å². The van der Waals surface area contributed by atoms with Crippen LogP contribution >= 0.6 is 15.9 Å². The van der Waals surface area contributed by atoms with E-state index in [1.165, 1.54) is 0 Å². The summed E-state index contributed by atoms with van der Waals surface area (Å²) >= 11 is 3.38. The SMILES string of the molecule is O=C(O)Cc1ccccc1OCc1cc(Br)cc(CO)c1. The summed E-state index contributed by atoms with van der Waals surface area (Å²) in [6.07, 6.45) is -0.0729. The number of para-hydroxylation sites is 1. The maximum atomic E-state index is 10.8. The van der Waals surface area contributed by atoms with E-state index >= 15 is 0 Å². The number of hydrogen-bond donors (Lipinski definition) is 2. The van der Waals surface area contributed by atoms with Gasteiger partial charge in [0.05, 0.1) is 13.0 Å². The van der Waals surface area contributed by atoms with Crippen molar-refractivity contribution in [1.29, 1.82) is 0 Å². The van der Waals surface area contributed by atoms with Crippen LogP contribution in [0.4, 0.5) is 0 Å². The molecule has 0 radical (unpaired) electrons. The summed E-state index contributed by atoms with van der Waals surface area (Å²) in [5.74, 6) is -0.332. The molecule has 0 saturated heterocycles. The maximum Gasteiger partial charge on any atom is 0.307 e. The number of aliphatic hydroxyl groups is 1. The third-order valence-corrected chi connectivity index (χ3v) is 3.37. The number of benzene rings is 2. The predicted molar refractivity (Wildman–Crippen MR) is 82.2 cm³/mol. The van der Waals surface area contributed by atoms with Crippen molar-refractivity contribution in [2.24, 2.45) is 0 Å². The van der Waals surface area contributed by atoms with Crippen molar-refractivity contribution in [1.82, 2.24) is 0 Å². The van der Waals surface area contributed by atoms with Gasteiger partial charge in [-0.2, -0.15) is 0 Å². The van der Waals surface area contributed by atoms with Gasteiger partial charge in [0.25, 0.3) is 0 Å². The smallest absolute Gasteiger partial charge is 0.307 e. The molecule has 2 aromatic carbocycles. The summed E-state index contributed by atoms with van der Waals surface area (Å²) in [4.78, 5) is 10.8. The van der Waals surface area contributed by atoms with Crippen LogP contribution < -0.4 is 4.74 Å². The highest BCUT2D eigenvalue weighted by Crippen LogP contribution is 2.22. The van der Waals surface area contributed by atoms with Gasteiger partial charge in [-0.05, 0) is 29.3 Å². The Labute approximate surface area is 131 Å². The molecule has 0 heterocycles. The molecule has 2 rings (SSSR count). The van der Waals surface area contributed by atoms with Crippen molar-refractivity contribution in [2.45, 2.75) is 19.6 Å². The first-order chi connectivity index (χ1) is 10.1. The first-order valence-corrected chi connectivity index (χ1v) is 7.19. The molecule has 0 aliphatic carbocycles. The molecule has 0 aliphatic heterocycles. The number of rotatable bonds is 6. The molecule has 110 valence electrons. The highest BCUT2D eigenvalue weighted by molar-refractivity contribution is 9.10. The molecule has 0 amide bonds. The fourth-order valence-electron chi connectivity index (χ4n) is 2.01. The quantitative estimate of drug-likeness (QED) is 0.839. The first kappa shape index (κ1) is 15.5. The number of carbonyl (C=O) groups is 1. The van der Waals surface area contributed by atoms with Gasteiger partial charge in [0.1, 0.15) is 12.4 Å². The largest absolute Gasteiger partial charge is 0.489 e. The monoisotopic (exact) mass is 350 g/mol. The predicted octanol–water partition coefficient (Wildman–Crippen LogP) is 3.15. The van der Waals surface area contributed by atoms with Crippen LogP contribution in [-0.4, -0.2) is 16.2 Å². The number of aliphatic hydroxyl groups excluding tert-OH is 1. The van der Waals surface area contributed by atoms with Gasteiger partial charge < -0.3 is 14.9 Å². The van der Waals surface area contributed by atoms with Crippen molar-refractivity contribution >= 4 is 21.9 Å². The van der Waals surface area contributed by atoms with E-state index in [1.54, 1.807) is 24.3 Å². The Morgan fingerprint density at radius 3 is 2.57 bits per heavy atom. The lowest BCUT2D eigenvalue weighted by molar-refractivity contribution is -0.136. The number of carboxylic acids is 1. The average molecular weight is 351 g/mol. The molecule has 0 fully saturated rings. The third-order valence-electron chi connectivity index (χ3n) is 2.91. The summed E-state index contributed by atoms with van der Waals surface area (Å²) in [5.41, 5.74) is 2.34.